The number of oxime groups is 1. The van der Waals surface area contributed by atoms with E-state index < -0.39 is 11.9 Å². The Morgan fingerprint density at radius 1 is 1.26 bits per heavy atom. The number of esters is 2. The maximum absolute atomic E-state index is 11.8. The van der Waals surface area contributed by atoms with Crippen LogP contribution in [0.1, 0.15) is 19.4 Å². The van der Waals surface area contributed by atoms with E-state index in [2.05, 4.69) is 9.99 Å². The normalized spacial score (nSPS) is 10.8. The maximum Gasteiger partial charge on any atom is 0.361 e. The third-order valence-corrected chi connectivity index (χ3v) is 2.05. The zero-order valence-electron chi connectivity index (χ0n) is 11.0. The van der Waals surface area contributed by atoms with Gasteiger partial charge in [-0.2, -0.15) is 0 Å². The fourth-order valence-corrected chi connectivity index (χ4v) is 1.39. The first kappa shape index (κ1) is 14.7. The number of benzene rings is 1. The van der Waals surface area contributed by atoms with Gasteiger partial charge in [-0.1, -0.05) is 17.3 Å². The summed E-state index contributed by atoms with van der Waals surface area (Å²) in [5, 5.41) is 3.63. The number of hydrogen-bond donors (Lipinski definition) is 0. The molecule has 0 saturated carbocycles. The van der Waals surface area contributed by atoms with E-state index in [-0.39, 0.29) is 18.1 Å². The SMILES string of the molecule is CCOC(=O)/C(=N\OC)c1ccccc1OC(C)=O. The van der Waals surface area contributed by atoms with Crippen molar-refractivity contribution in [1.29, 1.82) is 0 Å². The Morgan fingerprint density at radius 2 is 1.95 bits per heavy atom. The quantitative estimate of drug-likeness (QED) is 0.349. The summed E-state index contributed by atoms with van der Waals surface area (Å²) in [7, 11) is 1.31. The minimum Gasteiger partial charge on any atom is -0.461 e. The molecule has 1 rings (SSSR count). The molecule has 0 spiro atoms. The van der Waals surface area contributed by atoms with Gasteiger partial charge in [0.15, 0.2) is 5.71 Å². The molecule has 0 radical (unpaired) electrons. The Kier molecular flexibility index (Phi) is 5.53. The van der Waals surface area contributed by atoms with Crippen LogP contribution in [-0.4, -0.2) is 31.4 Å². The Balaban J connectivity index is 3.19. The van der Waals surface area contributed by atoms with Crippen LogP contribution >= 0.6 is 0 Å². The highest BCUT2D eigenvalue weighted by Gasteiger charge is 2.21. The summed E-state index contributed by atoms with van der Waals surface area (Å²) in [5.74, 6) is -0.920. The fraction of sp³-hybridized carbons (Fsp3) is 0.308. The lowest BCUT2D eigenvalue weighted by Crippen LogP contribution is -2.20. The second-order valence-corrected chi connectivity index (χ2v) is 3.43. The van der Waals surface area contributed by atoms with Crippen LogP contribution in [0.25, 0.3) is 0 Å². The molecular weight excluding hydrogens is 250 g/mol. The van der Waals surface area contributed by atoms with Crippen LogP contribution in [-0.2, 0) is 19.2 Å². The molecule has 0 saturated heterocycles. The Morgan fingerprint density at radius 3 is 2.53 bits per heavy atom. The molecule has 0 unspecified atom stereocenters. The minimum atomic E-state index is -0.649. The predicted octanol–water partition coefficient (Wildman–Crippen LogP) is 1.53. The smallest absolute Gasteiger partial charge is 0.361 e. The molecule has 6 heteroatoms. The van der Waals surface area contributed by atoms with Crippen LogP contribution in [0.3, 0.4) is 0 Å². The molecule has 0 aliphatic rings. The van der Waals surface area contributed by atoms with E-state index in [1.807, 2.05) is 0 Å². The number of ether oxygens (including phenoxy) is 2. The number of para-hydroxylation sites is 1. The second kappa shape index (κ2) is 7.15. The van der Waals surface area contributed by atoms with Crippen LogP contribution in [0, 0.1) is 0 Å². The van der Waals surface area contributed by atoms with Crippen LogP contribution in [0.5, 0.6) is 5.75 Å². The molecule has 0 heterocycles. The first-order chi connectivity index (χ1) is 9.10. The summed E-state index contributed by atoms with van der Waals surface area (Å²) in [6.07, 6.45) is 0. The van der Waals surface area contributed by atoms with Gasteiger partial charge in [-0.05, 0) is 19.1 Å². The molecule has 6 nitrogen and oxygen atoms in total. The number of carbonyl (C=O) groups is 2. The van der Waals surface area contributed by atoms with Gasteiger partial charge < -0.3 is 14.3 Å². The summed E-state index contributed by atoms with van der Waals surface area (Å²) in [5.41, 5.74) is 0.277. The number of hydrogen-bond acceptors (Lipinski definition) is 6. The van der Waals surface area contributed by atoms with Crippen LogP contribution in [0.4, 0.5) is 0 Å². The van der Waals surface area contributed by atoms with Crippen molar-refractivity contribution in [3.8, 4) is 5.75 Å². The van der Waals surface area contributed by atoms with Gasteiger partial charge in [0.1, 0.15) is 12.9 Å². The van der Waals surface area contributed by atoms with Gasteiger partial charge in [-0.15, -0.1) is 0 Å². The summed E-state index contributed by atoms with van der Waals surface area (Å²) in [6.45, 7) is 3.16. The van der Waals surface area contributed by atoms with E-state index in [0.717, 1.165) is 0 Å². The monoisotopic (exact) mass is 265 g/mol. The zero-order chi connectivity index (χ0) is 14.3. The average molecular weight is 265 g/mol. The van der Waals surface area contributed by atoms with Gasteiger partial charge in [0.25, 0.3) is 0 Å². The molecule has 0 amide bonds. The molecule has 0 bridgehead atoms. The van der Waals surface area contributed by atoms with Crippen molar-refractivity contribution < 1.29 is 23.9 Å². The fourth-order valence-electron chi connectivity index (χ4n) is 1.39. The van der Waals surface area contributed by atoms with Crippen LogP contribution in [0.15, 0.2) is 29.4 Å². The van der Waals surface area contributed by atoms with Gasteiger partial charge in [0.2, 0.25) is 0 Å². The van der Waals surface area contributed by atoms with Crippen molar-refractivity contribution in [2.75, 3.05) is 13.7 Å². The standard InChI is InChI=1S/C13H15NO5/c1-4-18-13(16)12(14-17-3)10-7-5-6-8-11(10)19-9(2)15/h5-8H,4H2,1-3H3/b14-12-. The van der Waals surface area contributed by atoms with E-state index in [0.29, 0.717) is 5.56 Å². The molecule has 19 heavy (non-hydrogen) atoms. The topological polar surface area (TPSA) is 74.2 Å². The molecule has 0 atom stereocenters. The molecule has 1 aromatic rings. The number of carbonyl (C=O) groups excluding carboxylic acids is 2. The highest BCUT2D eigenvalue weighted by molar-refractivity contribution is 6.43. The zero-order valence-corrected chi connectivity index (χ0v) is 11.0. The number of rotatable bonds is 5. The van der Waals surface area contributed by atoms with Gasteiger partial charge in [0.05, 0.1) is 12.2 Å². The minimum absolute atomic E-state index is 0.0544. The van der Waals surface area contributed by atoms with Crippen molar-refractivity contribution in [3.05, 3.63) is 29.8 Å². The summed E-state index contributed by atoms with van der Waals surface area (Å²) in [6, 6.07) is 6.51. The van der Waals surface area contributed by atoms with Gasteiger partial charge in [0, 0.05) is 6.92 Å². The average Bonchev–Trinajstić information content (AvgIpc) is 2.36. The van der Waals surface area contributed by atoms with Gasteiger partial charge >= 0.3 is 11.9 Å². The van der Waals surface area contributed by atoms with Crippen molar-refractivity contribution in [2.24, 2.45) is 5.16 Å². The third kappa shape index (κ3) is 4.09. The van der Waals surface area contributed by atoms with E-state index >= 15 is 0 Å². The third-order valence-electron chi connectivity index (χ3n) is 2.05. The largest absolute Gasteiger partial charge is 0.461 e. The van der Waals surface area contributed by atoms with E-state index in [4.69, 9.17) is 9.47 Å². The van der Waals surface area contributed by atoms with Crippen molar-refractivity contribution >= 4 is 17.7 Å². The Bertz CT molecular complexity index is 496. The highest BCUT2D eigenvalue weighted by Crippen LogP contribution is 2.20. The van der Waals surface area contributed by atoms with Gasteiger partial charge in [-0.3, -0.25) is 4.79 Å². The lowest BCUT2D eigenvalue weighted by Gasteiger charge is -2.09. The van der Waals surface area contributed by atoms with Crippen LogP contribution in [0.2, 0.25) is 0 Å². The van der Waals surface area contributed by atoms with Crippen molar-refractivity contribution in [2.45, 2.75) is 13.8 Å². The lowest BCUT2D eigenvalue weighted by molar-refractivity contribution is -0.135. The van der Waals surface area contributed by atoms with Crippen molar-refractivity contribution in [1.82, 2.24) is 0 Å². The molecule has 102 valence electrons. The second-order valence-electron chi connectivity index (χ2n) is 3.43. The molecule has 0 N–H and O–H groups in total. The van der Waals surface area contributed by atoms with E-state index in [1.54, 1.807) is 31.2 Å². The molecule has 0 aliphatic carbocycles. The Labute approximate surface area is 110 Å². The highest BCUT2D eigenvalue weighted by atomic mass is 16.6. The summed E-state index contributed by atoms with van der Waals surface area (Å²) in [4.78, 5) is 27.5. The maximum atomic E-state index is 11.8. The summed E-state index contributed by atoms with van der Waals surface area (Å²) < 4.78 is 9.90. The predicted molar refractivity (Wildman–Crippen MR) is 67.9 cm³/mol. The van der Waals surface area contributed by atoms with Crippen molar-refractivity contribution in [3.63, 3.8) is 0 Å². The molecule has 0 aromatic heterocycles. The summed E-state index contributed by atoms with van der Waals surface area (Å²) >= 11 is 0. The molecule has 0 aliphatic heterocycles. The first-order valence-electron chi connectivity index (χ1n) is 5.66. The van der Waals surface area contributed by atoms with E-state index in [9.17, 15) is 9.59 Å². The van der Waals surface area contributed by atoms with Crippen LogP contribution < -0.4 is 4.74 Å². The molecular formula is C13H15NO5. The number of nitrogens with zero attached hydrogens (tertiary/aromatic N) is 1. The Hall–Kier alpha value is -2.37. The van der Waals surface area contributed by atoms with E-state index in [1.165, 1.54) is 14.0 Å². The molecule has 0 fully saturated rings. The first-order valence-corrected chi connectivity index (χ1v) is 5.66. The van der Waals surface area contributed by atoms with Gasteiger partial charge in [-0.25, -0.2) is 4.79 Å². The lowest BCUT2D eigenvalue weighted by atomic mass is 10.1. The molecule has 1 aromatic carbocycles.